The topological polar surface area (TPSA) is 61.9 Å². The minimum Gasteiger partial charge on any atom is -0.378 e. The molecule has 3 fully saturated rings. The second-order valence-corrected chi connectivity index (χ2v) is 6.57. The van der Waals surface area contributed by atoms with Gasteiger partial charge in [-0.2, -0.15) is 0 Å². The predicted molar refractivity (Wildman–Crippen MR) is 82.5 cm³/mol. The van der Waals surface area contributed by atoms with Crippen molar-refractivity contribution < 1.29 is 14.3 Å². The number of morpholine rings is 1. The summed E-state index contributed by atoms with van der Waals surface area (Å²) in [5.41, 5.74) is 0. The number of nitrogens with zero attached hydrogens (tertiary/aromatic N) is 2. The second kappa shape index (κ2) is 7.31. The number of urea groups is 1. The van der Waals surface area contributed by atoms with Gasteiger partial charge in [0.2, 0.25) is 5.91 Å². The van der Waals surface area contributed by atoms with E-state index in [1.54, 1.807) is 4.90 Å². The van der Waals surface area contributed by atoms with E-state index in [9.17, 15) is 9.59 Å². The molecule has 2 aliphatic heterocycles. The molecule has 1 saturated carbocycles. The maximum absolute atomic E-state index is 12.7. The maximum Gasteiger partial charge on any atom is 0.318 e. The fourth-order valence-electron chi connectivity index (χ4n) is 3.77. The Bertz CT molecular complexity index is 403. The molecule has 0 radical (unpaired) electrons. The number of likely N-dealkylation sites (tertiary alicyclic amines) is 1. The molecule has 6 heteroatoms. The zero-order valence-corrected chi connectivity index (χ0v) is 13.3. The van der Waals surface area contributed by atoms with E-state index < -0.39 is 0 Å². The Balaban J connectivity index is 1.56. The van der Waals surface area contributed by atoms with Crippen molar-refractivity contribution in [2.45, 2.75) is 57.0 Å². The Morgan fingerprint density at radius 2 is 1.64 bits per heavy atom. The average Bonchev–Trinajstić information content (AvgIpc) is 3.05. The van der Waals surface area contributed by atoms with Crippen molar-refractivity contribution in [1.82, 2.24) is 15.1 Å². The van der Waals surface area contributed by atoms with Gasteiger partial charge in [0, 0.05) is 25.7 Å². The standard InChI is InChI=1S/C16H27N3O3/c20-15(18-9-11-22-12-10-18)14-7-4-8-19(14)16(21)17-13-5-2-1-3-6-13/h13-14H,1-12H2,(H,17,21)/t14-/m1/s1. The molecule has 0 aromatic heterocycles. The van der Waals surface area contributed by atoms with Crippen LogP contribution in [0.25, 0.3) is 0 Å². The van der Waals surface area contributed by atoms with Crippen LogP contribution in [0, 0.1) is 0 Å². The fourth-order valence-corrected chi connectivity index (χ4v) is 3.77. The van der Waals surface area contributed by atoms with Crippen LogP contribution in [0.4, 0.5) is 4.79 Å². The van der Waals surface area contributed by atoms with Crippen LogP contribution in [0.15, 0.2) is 0 Å². The van der Waals surface area contributed by atoms with Crippen LogP contribution in [0.5, 0.6) is 0 Å². The molecule has 6 nitrogen and oxygen atoms in total. The fraction of sp³-hybridized carbons (Fsp3) is 0.875. The normalized spacial score (nSPS) is 27.0. The highest BCUT2D eigenvalue weighted by Gasteiger charge is 2.37. The van der Waals surface area contributed by atoms with Gasteiger partial charge in [-0.15, -0.1) is 0 Å². The van der Waals surface area contributed by atoms with Gasteiger partial charge in [-0.1, -0.05) is 19.3 Å². The lowest BCUT2D eigenvalue weighted by molar-refractivity contribution is -0.139. The minimum atomic E-state index is -0.276. The van der Waals surface area contributed by atoms with Gasteiger partial charge in [0.25, 0.3) is 0 Å². The van der Waals surface area contributed by atoms with Gasteiger partial charge in [0.1, 0.15) is 6.04 Å². The van der Waals surface area contributed by atoms with E-state index in [1.165, 1.54) is 19.3 Å². The zero-order chi connectivity index (χ0) is 15.4. The summed E-state index contributed by atoms with van der Waals surface area (Å²) in [7, 11) is 0. The summed E-state index contributed by atoms with van der Waals surface area (Å²) >= 11 is 0. The van der Waals surface area contributed by atoms with E-state index in [1.807, 2.05) is 4.90 Å². The van der Waals surface area contributed by atoms with Crippen molar-refractivity contribution >= 4 is 11.9 Å². The van der Waals surface area contributed by atoms with Gasteiger partial charge in [0.05, 0.1) is 13.2 Å². The first-order valence-corrected chi connectivity index (χ1v) is 8.69. The molecule has 0 unspecified atom stereocenters. The third-order valence-electron chi connectivity index (χ3n) is 5.05. The molecular formula is C16H27N3O3. The van der Waals surface area contributed by atoms with Crippen LogP contribution in [0.2, 0.25) is 0 Å². The van der Waals surface area contributed by atoms with Crippen LogP contribution in [0.1, 0.15) is 44.9 Å². The quantitative estimate of drug-likeness (QED) is 0.837. The molecule has 124 valence electrons. The number of hydrogen-bond donors (Lipinski definition) is 1. The van der Waals surface area contributed by atoms with Gasteiger partial charge in [-0.3, -0.25) is 4.79 Å². The highest BCUT2D eigenvalue weighted by atomic mass is 16.5. The summed E-state index contributed by atoms with van der Waals surface area (Å²) in [4.78, 5) is 28.8. The van der Waals surface area contributed by atoms with Crippen molar-refractivity contribution in [1.29, 1.82) is 0 Å². The molecule has 0 spiro atoms. The van der Waals surface area contributed by atoms with Crippen molar-refractivity contribution in [3.8, 4) is 0 Å². The van der Waals surface area contributed by atoms with Crippen LogP contribution in [-0.2, 0) is 9.53 Å². The average molecular weight is 309 g/mol. The van der Waals surface area contributed by atoms with Gasteiger partial charge in [-0.05, 0) is 25.7 Å². The number of hydrogen-bond acceptors (Lipinski definition) is 3. The highest BCUT2D eigenvalue weighted by molar-refractivity contribution is 5.87. The lowest BCUT2D eigenvalue weighted by Gasteiger charge is -2.33. The molecular weight excluding hydrogens is 282 g/mol. The lowest BCUT2D eigenvalue weighted by atomic mass is 9.96. The van der Waals surface area contributed by atoms with E-state index >= 15 is 0 Å². The smallest absolute Gasteiger partial charge is 0.318 e. The second-order valence-electron chi connectivity index (χ2n) is 6.57. The molecule has 0 aromatic rings. The van der Waals surface area contributed by atoms with Crippen LogP contribution < -0.4 is 5.32 Å². The van der Waals surface area contributed by atoms with Gasteiger partial charge in [-0.25, -0.2) is 4.79 Å². The summed E-state index contributed by atoms with van der Waals surface area (Å²) in [6.45, 7) is 3.19. The molecule has 1 atom stereocenters. The molecule has 1 aliphatic carbocycles. The van der Waals surface area contributed by atoms with E-state index in [0.717, 1.165) is 25.7 Å². The Kier molecular flexibility index (Phi) is 5.18. The Morgan fingerprint density at radius 3 is 2.36 bits per heavy atom. The largest absolute Gasteiger partial charge is 0.378 e. The molecule has 0 bridgehead atoms. The van der Waals surface area contributed by atoms with Crippen LogP contribution >= 0.6 is 0 Å². The van der Waals surface area contributed by atoms with E-state index in [0.29, 0.717) is 38.9 Å². The van der Waals surface area contributed by atoms with Crippen LogP contribution in [-0.4, -0.2) is 66.7 Å². The van der Waals surface area contributed by atoms with Gasteiger partial charge >= 0.3 is 6.03 Å². The van der Waals surface area contributed by atoms with E-state index in [-0.39, 0.29) is 18.0 Å². The molecule has 3 amide bonds. The summed E-state index contributed by atoms with van der Waals surface area (Å²) < 4.78 is 5.30. The number of carbonyl (C=O) groups excluding carboxylic acids is 2. The van der Waals surface area contributed by atoms with Gasteiger partial charge in [0.15, 0.2) is 0 Å². The lowest BCUT2D eigenvalue weighted by Crippen LogP contribution is -2.54. The van der Waals surface area contributed by atoms with Crippen molar-refractivity contribution in [3.05, 3.63) is 0 Å². The zero-order valence-electron chi connectivity index (χ0n) is 13.3. The summed E-state index contributed by atoms with van der Waals surface area (Å²) in [6.07, 6.45) is 7.51. The third-order valence-corrected chi connectivity index (χ3v) is 5.05. The number of rotatable bonds is 2. The van der Waals surface area contributed by atoms with E-state index in [2.05, 4.69) is 5.32 Å². The third kappa shape index (κ3) is 3.54. The van der Waals surface area contributed by atoms with Crippen molar-refractivity contribution in [2.75, 3.05) is 32.8 Å². The van der Waals surface area contributed by atoms with Gasteiger partial charge < -0.3 is 19.9 Å². The Morgan fingerprint density at radius 1 is 0.909 bits per heavy atom. The predicted octanol–water partition coefficient (Wildman–Crippen LogP) is 1.35. The molecule has 22 heavy (non-hydrogen) atoms. The Labute approximate surface area is 132 Å². The van der Waals surface area contributed by atoms with Crippen LogP contribution in [0.3, 0.4) is 0 Å². The number of amides is 3. The molecule has 2 heterocycles. The summed E-state index contributed by atoms with van der Waals surface area (Å²) in [5, 5.41) is 3.14. The first kappa shape index (κ1) is 15.6. The van der Waals surface area contributed by atoms with E-state index in [4.69, 9.17) is 4.74 Å². The minimum absolute atomic E-state index is 0.0454. The van der Waals surface area contributed by atoms with Crippen molar-refractivity contribution in [2.24, 2.45) is 0 Å². The first-order valence-electron chi connectivity index (χ1n) is 8.69. The molecule has 2 saturated heterocycles. The molecule has 1 N–H and O–H groups in total. The first-order chi connectivity index (χ1) is 10.8. The highest BCUT2D eigenvalue weighted by Crippen LogP contribution is 2.22. The SMILES string of the molecule is O=C([C@H]1CCCN1C(=O)NC1CCCCC1)N1CCOCC1. The summed E-state index contributed by atoms with van der Waals surface area (Å²) in [6, 6.07) is -0.0290. The number of ether oxygens (including phenoxy) is 1. The molecule has 3 rings (SSSR count). The Hall–Kier alpha value is -1.30. The number of nitrogens with one attached hydrogen (secondary N) is 1. The molecule has 0 aromatic carbocycles. The molecule has 3 aliphatic rings. The summed E-state index contributed by atoms with van der Waals surface area (Å²) in [5.74, 6) is 0.0968. The number of carbonyl (C=O) groups is 2. The monoisotopic (exact) mass is 309 g/mol. The van der Waals surface area contributed by atoms with Crippen molar-refractivity contribution in [3.63, 3.8) is 0 Å². The maximum atomic E-state index is 12.7.